The Balaban J connectivity index is 2.20. The minimum absolute atomic E-state index is 0.450. The third-order valence-corrected chi connectivity index (χ3v) is 2.37. The smallest absolute Gasteiger partial charge is 0.130 e. The Morgan fingerprint density at radius 3 is 2.41 bits per heavy atom. The number of pyridine rings is 1. The number of hydrogen-bond acceptors (Lipinski definition) is 2. The maximum absolute atomic E-state index is 5.77. The highest BCUT2D eigenvalue weighted by molar-refractivity contribution is 6.29. The lowest BCUT2D eigenvalue weighted by molar-refractivity contribution is 0.415. The predicted octanol–water partition coefficient (Wildman–Crippen LogP) is 3.14. The van der Waals surface area contributed by atoms with Crippen LogP contribution in [-0.2, 0) is 0 Å². The van der Waals surface area contributed by atoms with Gasteiger partial charge < -0.3 is 4.74 Å². The lowest BCUT2D eigenvalue weighted by Crippen LogP contribution is -1.82. The highest BCUT2D eigenvalue weighted by Crippen LogP contribution is 2.11. The van der Waals surface area contributed by atoms with E-state index in [-0.39, 0.29) is 0 Å². The van der Waals surface area contributed by atoms with E-state index in [0.717, 1.165) is 16.9 Å². The summed E-state index contributed by atoms with van der Waals surface area (Å²) < 4.78 is 5.07. The maximum Gasteiger partial charge on any atom is 0.130 e. The van der Waals surface area contributed by atoms with Gasteiger partial charge in [0.25, 0.3) is 0 Å². The first-order valence-corrected chi connectivity index (χ1v) is 5.43. The Labute approximate surface area is 105 Å². The van der Waals surface area contributed by atoms with Gasteiger partial charge in [-0.25, -0.2) is 4.98 Å². The number of aromatic nitrogens is 1. The molecule has 2 nitrogen and oxygen atoms in total. The van der Waals surface area contributed by atoms with Crippen LogP contribution in [0.3, 0.4) is 0 Å². The van der Waals surface area contributed by atoms with Gasteiger partial charge in [0.2, 0.25) is 0 Å². The Bertz CT molecular complexity index is 567. The van der Waals surface area contributed by atoms with Gasteiger partial charge in [-0.05, 0) is 36.4 Å². The molecule has 0 radical (unpaired) electrons. The van der Waals surface area contributed by atoms with Crippen molar-refractivity contribution in [2.24, 2.45) is 0 Å². The van der Waals surface area contributed by atoms with Gasteiger partial charge in [-0.1, -0.05) is 23.4 Å². The lowest BCUT2D eigenvalue weighted by Gasteiger charge is -1.97. The Morgan fingerprint density at radius 1 is 1.06 bits per heavy atom. The van der Waals surface area contributed by atoms with Crippen LogP contribution in [-0.4, -0.2) is 12.1 Å². The van der Waals surface area contributed by atoms with Gasteiger partial charge in [-0.15, -0.1) is 0 Å². The first-order valence-electron chi connectivity index (χ1n) is 5.05. The normalized spacial score (nSPS) is 9.29. The molecule has 0 N–H and O–H groups in total. The van der Waals surface area contributed by atoms with Gasteiger partial charge in [0, 0.05) is 17.3 Å². The molecule has 0 saturated carbocycles. The van der Waals surface area contributed by atoms with E-state index < -0.39 is 0 Å². The van der Waals surface area contributed by atoms with Crippen molar-refractivity contribution >= 4 is 11.6 Å². The van der Waals surface area contributed by atoms with Crippen LogP contribution < -0.4 is 4.74 Å². The van der Waals surface area contributed by atoms with Crippen molar-refractivity contribution in [1.29, 1.82) is 0 Å². The van der Waals surface area contributed by atoms with Crippen LogP contribution in [0.2, 0.25) is 5.15 Å². The molecule has 0 unspecified atom stereocenters. The molecule has 0 bridgehead atoms. The summed E-state index contributed by atoms with van der Waals surface area (Å²) in [6.07, 6.45) is 1.64. The van der Waals surface area contributed by atoms with Crippen LogP contribution >= 0.6 is 11.6 Å². The average Bonchev–Trinajstić information content (AvgIpc) is 2.37. The molecule has 0 atom stereocenters. The van der Waals surface area contributed by atoms with Crippen LogP contribution in [0.4, 0.5) is 0 Å². The molecule has 3 heteroatoms. The zero-order valence-electron chi connectivity index (χ0n) is 9.27. The number of halogens is 1. The number of nitrogens with zero attached hydrogens (tertiary/aromatic N) is 1. The minimum Gasteiger partial charge on any atom is -0.497 e. The molecule has 2 rings (SSSR count). The molecule has 1 heterocycles. The molecular formula is C14H10ClNO. The van der Waals surface area contributed by atoms with Gasteiger partial charge in [0.05, 0.1) is 7.11 Å². The number of benzene rings is 1. The molecule has 0 saturated heterocycles. The van der Waals surface area contributed by atoms with Gasteiger partial charge >= 0.3 is 0 Å². The second kappa shape index (κ2) is 5.38. The molecule has 2 aromatic rings. The van der Waals surface area contributed by atoms with Crippen molar-refractivity contribution in [3.8, 4) is 17.6 Å². The van der Waals surface area contributed by atoms with Crippen molar-refractivity contribution in [2.45, 2.75) is 0 Å². The van der Waals surface area contributed by atoms with E-state index in [1.165, 1.54) is 0 Å². The van der Waals surface area contributed by atoms with Gasteiger partial charge in [-0.2, -0.15) is 0 Å². The van der Waals surface area contributed by atoms with E-state index in [2.05, 4.69) is 16.8 Å². The first-order chi connectivity index (χ1) is 8.28. The highest BCUT2D eigenvalue weighted by atomic mass is 35.5. The van der Waals surface area contributed by atoms with E-state index in [1.54, 1.807) is 19.4 Å². The number of methoxy groups -OCH3 is 1. The summed E-state index contributed by atoms with van der Waals surface area (Å²) in [6.45, 7) is 0. The molecule has 0 aliphatic carbocycles. The van der Waals surface area contributed by atoms with E-state index in [4.69, 9.17) is 16.3 Å². The molecule has 0 amide bonds. The zero-order chi connectivity index (χ0) is 12.1. The third kappa shape index (κ3) is 3.24. The number of hydrogen-bond donors (Lipinski definition) is 0. The van der Waals surface area contributed by atoms with Crippen LogP contribution in [0.1, 0.15) is 11.1 Å². The third-order valence-electron chi connectivity index (χ3n) is 2.17. The standard InChI is InChI=1S/C14H10ClNO/c1-17-13-6-4-11(5-7-13)2-3-12-8-9-16-14(15)10-12/h4-10H,1H3. The van der Waals surface area contributed by atoms with Gasteiger partial charge in [0.1, 0.15) is 10.9 Å². The predicted molar refractivity (Wildman–Crippen MR) is 68.2 cm³/mol. The lowest BCUT2D eigenvalue weighted by atomic mass is 10.2. The van der Waals surface area contributed by atoms with Crippen molar-refractivity contribution in [3.63, 3.8) is 0 Å². The van der Waals surface area contributed by atoms with Crippen molar-refractivity contribution < 1.29 is 4.74 Å². The summed E-state index contributed by atoms with van der Waals surface area (Å²) in [5, 5.41) is 0.450. The molecule has 1 aromatic carbocycles. The van der Waals surface area contributed by atoms with E-state index in [9.17, 15) is 0 Å². The quantitative estimate of drug-likeness (QED) is 0.567. The maximum atomic E-state index is 5.77. The summed E-state index contributed by atoms with van der Waals surface area (Å²) in [5.74, 6) is 6.89. The first kappa shape index (κ1) is 11.5. The monoisotopic (exact) mass is 243 g/mol. The molecular weight excluding hydrogens is 234 g/mol. The Hall–Kier alpha value is -1.98. The molecule has 0 aliphatic heterocycles. The highest BCUT2D eigenvalue weighted by Gasteiger charge is 1.91. The Morgan fingerprint density at radius 2 is 1.76 bits per heavy atom. The topological polar surface area (TPSA) is 22.1 Å². The minimum atomic E-state index is 0.450. The Kier molecular flexibility index (Phi) is 3.64. The fourth-order valence-corrected chi connectivity index (χ4v) is 1.47. The van der Waals surface area contributed by atoms with E-state index >= 15 is 0 Å². The fraction of sp³-hybridized carbons (Fsp3) is 0.0714. The van der Waals surface area contributed by atoms with Crippen LogP contribution in [0.5, 0.6) is 5.75 Å². The van der Waals surface area contributed by atoms with E-state index in [0.29, 0.717) is 5.15 Å². The second-order valence-corrected chi connectivity index (χ2v) is 3.73. The molecule has 0 aliphatic rings. The molecule has 0 fully saturated rings. The molecule has 17 heavy (non-hydrogen) atoms. The number of ether oxygens (including phenoxy) is 1. The average molecular weight is 244 g/mol. The summed E-state index contributed by atoms with van der Waals surface area (Å²) >= 11 is 5.77. The molecule has 0 spiro atoms. The van der Waals surface area contributed by atoms with Crippen LogP contribution in [0.25, 0.3) is 0 Å². The summed E-state index contributed by atoms with van der Waals surface area (Å²) in [6, 6.07) is 11.1. The van der Waals surface area contributed by atoms with Gasteiger partial charge in [0.15, 0.2) is 0 Å². The van der Waals surface area contributed by atoms with Gasteiger partial charge in [-0.3, -0.25) is 0 Å². The SMILES string of the molecule is COc1ccc(C#Cc2ccnc(Cl)c2)cc1. The summed E-state index contributed by atoms with van der Waals surface area (Å²) in [5.41, 5.74) is 1.78. The molecule has 84 valence electrons. The largest absolute Gasteiger partial charge is 0.497 e. The number of rotatable bonds is 1. The fourth-order valence-electron chi connectivity index (χ4n) is 1.30. The summed E-state index contributed by atoms with van der Waals surface area (Å²) in [4.78, 5) is 3.90. The summed E-state index contributed by atoms with van der Waals surface area (Å²) in [7, 11) is 1.64. The second-order valence-electron chi connectivity index (χ2n) is 3.35. The van der Waals surface area contributed by atoms with E-state index in [1.807, 2.05) is 30.3 Å². The van der Waals surface area contributed by atoms with Crippen LogP contribution in [0.15, 0.2) is 42.6 Å². The zero-order valence-corrected chi connectivity index (χ0v) is 10.0. The van der Waals surface area contributed by atoms with Crippen LogP contribution in [0, 0.1) is 11.8 Å². The molecule has 1 aromatic heterocycles. The van der Waals surface area contributed by atoms with Crippen molar-refractivity contribution in [2.75, 3.05) is 7.11 Å². The van der Waals surface area contributed by atoms with Crippen molar-refractivity contribution in [3.05, 3.63) is 58.9 Å². The van der Waals surface area contributed by atoms with Crippen molar-refractivity contribution in [1.82, 2.24) is 4.98 Å².